The standard InChI is InChI=1S/C39H49N4O8PS/c1-48-38(46)31-17-16-28(26-33(31)52(29-10-4-2-5-11-29)30-12-6-3-7-13-30)37(45)41-19-21-50-23-25-51-24-22-49-20-18-40-35(44)15-9-8-14-34-36-32(27-53-34)42-39(47)43-36/h2-7,10-13,16-17,26,32,34,36H,8-9,14-15,18-25,27H2,1H3,(H,40,44)(H,41,45)(H2,42,43,47)/t32-,34-,36-/m0/s1. The number of thioether (sulfide) groups is 1. The third-order valence-electron chi connectivity index (χ3n) is 8.86. The van der Waals surface area contributed by atoms with Crippen LogP contribution in [0.3, 0.4) is 0 Å². The van der Waals surface area contributed by atoms with Crippen LogP contribution in [0.1, 0.15) is 46.4 Å². The number of ether oxygens (including phenoxy) is 4. The van der Waals surface area contributed by atoms with Crippen LogP contribution < -0.4 is 37.2 Å². The molecule has 2 saturated heterocycles. The zero-order valence-electron chi connectivity index (χ0n) is 30.1. The van der Waals surface area contributed by atoms with Crippen molar-refractivity contribution < 1.29 is 38.1 Å². The number of amides is 4. The van der Waals surface area contributed by atoms with Crippen LogP contribution in [0.4, 0.5) is 4.79 Å². The fraction of sp³-hybridized carbons (Fsp3) is 0.436. The van der Waals surface area contributed by atoms with E-state index in [-0.39, 0.29) is 29.9 Å². The minimum Gasteiger partial charge on any atom is -0.465 e. The summed E-state index contributed by atoms with van der Waals surface area (Å²) >= 11 is 1.89. The summed E-state index contributed by atoms with van der Waals surface area (Å²) in [7, 11) is 0.216. The molecule has 3 aromatic rings. The van der Waals surface area contributed by atoms with Crippen LogP contribution in [-0.4, -0.2) is 107 Å². The number of hydrogen-bond acceptors (Lipinski definition) is 9. The Hall–Kier alpha value is -4.00. The van der Waals surface area contributed by atoms with Gasteiger partial charge < -0.3 is 40.2 Å². The molecule has 3 atom stereocenters. The van der Waals surface area contributed by atoms with Crippen molar-refractivity contribution >= 4 is 59.4 Å². The normalized spacial score (nSPS) is 17.5. The van der Waals surface area contributed by atoms with Crippen molar-refractivity contribution in [2.45, 2.75) is 43.0 Å². The van der Waals surface area contributed by atoms with Crippen LogP contribution in [0.5, 0.6) is 0 Å². The van der Waals surface area contributed by atoms with Gasteiger partial charge in [0.05, 0.1) is 64.4 Å². The number of hydrogen-bond donors (Lipinski definition) is 4. The molecule has 53 heavy (non-hydrogen) atoms. The molecule has 2 aliphatic heterocycles. The monoisotopic (exact) mass is 764 g/mol. The molecule has 4 N–H and O–H groups in total. The average Bonchev–Trinajstić information content (AvgIpc) is 3.74. The van der Waals surface area contributed by atoms with E-state index in [1.54, 1.807) is 18.2 Å². The SMILES string of the molecule is COC(=O)c1ccc(C(=O)NCCOCCOCCOCCNC(=O)CCCC[C@@H]2SC[C@@H]3NC(=O)N[C@@H]32)cc1P(c1ccccc1)c1ccccc1. The second kappa shape index (κ2) is 21.6. The lowest BCUT2D eigenvalue weighted by atomic mass is 10.0. The summed E-state index contributed by atoms with van der Waals surface area (Å²) in [5.41, 5.74) is 0.876. The third kappa shape index (κ3) is 12.3. The lowest BCUT2D eigenvalue weighted by Gasteiger charge is -2.22. The molecule has 0 aliphatic carbocycles. The van der Waals surface area contributed by atoms with Crippen molar-refractivity contribution in [3.63, 3.8) is 0 Å². The van der Waals surface area contributed by atoms with E-state index in [1.807, 2.05) is 72.4 Å². The van der Waals surface area contributed by atoms with Crippen LogP contribution in [0.25, 0.3) is 0 Å². The topological polar surface area (TPSA) is 153 Å². The zero-order chi connectivity index (χ0) is 37.3. The van der Waals surface area contributed by atoms with Gasteiger partial charge in [0.25, 0.3) is 5.91 Å². The number of benzene rings is 3. The number of rotatable bonds is 22. The molecule has 0 aromatic heterocycles. The first-order valence-corrected chi connectivity index (χ1v) is 20.4. The molecule has 0 unspecified atom stereocenters. The van der Waals surface area contributed by atoms with Gasteiger partial charge in [-0.1, -0.05) is 67.1 Å². The second-order valence-electron chi connectivity index (χ2n) is 12.5. The van der Waals surface area contributed by atoms with E-state index >= 15 is 0 Å². The molecule has 2 fully saturated rings. The first-order chi connectivity index (χ1) is 25.9. The van der Waals surface area contributed by atoms with Crippen molar-refractivity contribution in [2.75, 3.05) is 65.6 Å². The van der Waals surface area contributed by atoms with Gasteiger partial charge in [0, 0.05) is 41.4 Å². The summed E-state index contributed by atoms with van der Waals surface area (Å²) in [5, 5.41) is 15.0. The summed E-state index contributed by atoms with van der Waals surface area (Å²) in [6, 6.07) is 25.4. The molecule has 5 rings (SSSR count). The van der Waals surface area contributed by atoms with E-state index in [0.29, 0.717) is 75.5 Å². The second-order valence-corrected chi connectivity index (χ2v) is 16.0. The lowest BCUT2D eigenvalue weighted by molar-refractivity contribution is -0.121. The van der Waals surface area contributed by atoms with Gasteiger partial charge in [-0.25, -0.2) is 9.59 Å². The van der Waals surface area contributed by atoms with E-state index in [4.69, 9.17) is 18.9 Å². The summed E-state index contributed by atoms with van der Waals surface area (Å²) in [4.78, 5) is 49.6. The molecule has 0 saturated carbocycles. The predicted octanol–water partition coefficient (Wildman–Crippen LogP) is 2.85. The number of carbonyl (C=O) groups is 4. The number of esters is 1. The number of methoxy groups -OCH3 is 1. The Balaban J connectivity index is 0.916. The van der Waals surface area contributed by atoms with Crippen molar-refractivity contribution in [1.82, 2.24) is 21.3 Å². The molecule has 284 valence electrons. The van der Waals surface area contributed by atoms with Gasteiger partial charge in [-0.15, -0.1) is 0 Å². The number of fused-ring (bicyclic) bond motifs is 1. The summed E-state index contributed by atoms with van der Waals surface area (Å²) in [6.45, 7) is 3.06. The van der Waals surface area contributed by atoms with E-state index < -0.39 is 13.9 Å². The molecule has 2 aliphatic rings. The number of carbonyl (C=O) groups excluding carboxylic acids is 4. The Morgan fingerprint density at radius 2 is 1.42 bits per heavy atom. The van der Waals surface area contributed by atoms with Crippen LogP contribution in [-0.2, 0) is 23.7 Å². The van der Waals surface area contributed by atoms with Gasteiger partial charge >= 0.3 is 12.0 Å². The number of urea groups is 1. The molecule has 0 spiro atoms. The third-order valence-corrected chi connectivity index (χ3v) is 12.8. The van der Waals surface area contributed by atoms with Crippen LogP contribution in [0.15, 0.2) is 78.9 Å². The Morgan fingerprint density at radius 1 is 0.792 bits per heavy atom. The highest BCUT2D eigenvalue weighted by Crippen LogP contribution is 2.35. The quantitative estimate of drug-likeness (QED) is 0.0524. The Kier molecular flexibility index (Phi) is 16.4. The smallest absolute Gasteiger partial charge is 0.338 e. The van der Waals surface area contributed by atoms with Gasteiger partial charge in [-0.05, 0) is 49.6 Å². The van der Waals surface area contributed by atoms with Gasteiger partial charge in [-0.3, -0.25) is 9.59 Å². The summed E-state index contributed by atoms with van der Waals surface area (Å²) in [5.74, 6) is 0.256. The molecular formula is C39H49N4O8PS. The van der Waals surface area contributed by atoms with Gasteiger partial charge in [0.2, 0.25) is 5.91 Å². The van der Waals surface area contributed by atoms with Gasteiger partial charge in [-0.2, -0.15) is 11.8 Å². The highest BCUT2D eigenvalue weighted by molar-refractivity contribution is 8.00. The van der Waals surface area contributed by atoms with Gasteiger partial charge in [0.1, 0.15) is 0 Å². The van der Waals surface area contributed by atoms with Crippen LogP contribution in [0.2, 0.25) is 0 Å². The summed E-state index contributed by atoms with van der Waals surface area (Å²) < 4.78 is 21.8. The summed E-state index contributed by atoms with van der Waals surface area (Å²) in [6.07, 6.45) is 3.26. The predicted molar refractivity (Wildman–Crippen MR) is 208 cm³/mol. The minimum absolute atomic E-state index is 0.0210. The van der Waals surface area contributed by atoms with Crippen molar-refractivity contribution in [3.05, 3.63) is 90.0 Å². The molecule has 0 radical (unpaired) electrons. The molecule has 2 heterocycles. The van der Waals surface area contributed by atoms with Gasteiger partial charge in [0.15, 0.2) is 0 Å². The highest BCUT2D eigenvalue weighted by Gasteiger charge is 2.42. The van der Waals surface area contributed by atoms with E-state index in [0.717, 1.165) is 40.9 Å². The molecule has 3 aromatic carbocycles. The van der Waals surface area contributed by atoms with E-state index in [9.17, 15) is 19.2 Å². The molecule has 0 bridgehead atoms. The molecule has 14 heteroatoms. The fourth-order valence-corrected chi connectivity index (χ4v) is 10.2. The first-order valence-electron chi connectivity index (χ1n) is 18.0. The van der Waals surface area contributed by atoms with Crippen molar-refractivity contribution in [1.29, 1.82) is 0 Å². The van der Waals surface area contributed by atoms with Crippen LogP contribution >= 0.6 is 19.7 Å². The maximum absolute atomic E-state index is 13.2. The lowest BCUT2D eigenvalue weighted by Crippen LogP contribution is -2.36. The average molecular weight is 765 g/mol. The first kappa shape index (κ1) is 40.2. The highest BCUT2D eigenvalue weighted by atomic mass is 32.2. The Labute approximate surface area is 316 Å². The molecular weight excluding hydrogens is 715 g/mol. The largest absolute Gasteiger partial charge is 0.465 e. The van der Waals surface area contributed by atoms with Crippen molar-refractivity contribution in [3.8, 4) is 0 Å². The maximum atomic E-state index is 13.2. The number of unbranched alkanes of at least 4 members (excludes halogenated alkanes) is 1. The zero-order valence-corrected chi connectivity index (χ0v) is 31.8. The molecule has 4 amide bonds. The molecule has 12 nitrogen and oxygen atoms in total. The van der Waals surface area contributed by atoms with E-state index in [1.165, 1.54) is 7.11 Å². The maximum Gasteiger partial charge on any atom is 0.338 e. The van der Waals surface area contributed by atoms with E-state index in [2.05, 4.69) is 21.3 Å². The Morgan fingerprint density at radius 3 is 2.06 bits per heavy atom. The fourth-order valence-electron chi connectivity index (χ4n) is 6.23. The van der Waals surface area contributed by atoms with Crippen LogP contribution in [0, 0.1) is 0 Å². The van der Waals surface area contributed by atoms with Crippen molar-refractivity contribution in [2.24, 2.45) is 0 Å². The Bertz CT molecular complexity index is 1600. The number of nitrogens with one attached hydrogen (secondary N) is 4. The minimum atomic E-state index is -1.14.